The summed E-state index contributed by atoms with van der Waals surface area (Å²) in [5.41, 5.74) is 0.640. The third-order valence-corrected chi connectivity index (χ3v) is 4.61. The van der Waals surface area contributed by atoms with Crippen molar-refractivity contribution >= 4 is 16.8 Å². The zero-order valence-electron chi connectivity index (χ0n) is 15.4. The van der Waals surface area contributed by atoms with Gasteiger partial charge in [0.15, 0.2) is 11.6 Å². The summed E-state index contributed by atoms with van der Waals surface area (Å²) in [6.45, 7) is 3.88. The molecule has 3 heterocycles. The molecule has 28 heavy (non-hydrogen) atoms. The molecular weight excluding hydrogens is 367 g/mol. The fraction of sp³-hybridized carbons (Fsp3) is 0.286. The Morgan fingerprint density at radius 3 is 2.75 bits per heavy atom. The van der Waals surface area contributed by atoms with Crippen molar-refractivity contribution in [1.82, 2.24) is 9.97 Å². The lowest BCUT2D eigenvalue weighted by Gasteiger charge is -2.34. The first kappa shape index (κ1) is 18.4. The molecule has 2 aromatic heterocycles. The second kappa shape index (κ2) is 6.89. The predicted octanol–water partition coefficient (Wildman–Crippen LogP) is 4.60. The van der Waals surface area contributed by atoms with Crippen molar-refractivity contribution < 1.29 is 17.9 Å². The SMILES string of the molecule is CC1(C)CC(Cc2cccc(F)n2)N=C(c2cnc3c(F)c(F)ccc3c2)O1. The molecule has 4 rings (SSSR count). The van der Waals surface area contributed by atoms with Crippen LogP contribution in [0.25, 0.3) is 10.9 Å². The van der Waals surface area contributed by atoms with Crippen LogP contribution in [0.1, 0.15) is 31.5 Å². The monoisotopic (exact) mass is 385 g/mol. The van der Waals surface area contributed by atoms with Crippen LogP contribution in [0.5, 0.6) is 0 Å². The molecule has 1 aliphatic rings. The minimum absolute atomic E-state index is 0.0417. The van der Waals surface area contributed by atoms with E-state index in [2.05, 4.69) is 15.0 Å². The minimum atomic E-state index is -0.981. The molecule has 3 aromatic rings. The van der Waals surface area contributed by atoms with Crippen LogP contribution in [0, 0.1) is 17.6 Å². The molecule has 0 N–H and O–H groups in total. The molecule has 0 fully saturated rings. The zero-order valence-corrected chi connectivity index (χ0v) is 15.4. The maximum atomic E-state index is 13.9. The number of halogens is 3. The van der Waals surface area contributed by atoms with Crippen molar-refractivity contribution in [3.63, 3.8) is 0 Å². The summed E-state index contributed by atoms with van der Waals surface area (Å²) < 4.78 is 46.7. The molecule has 1 aliphatic heterocycles. The molecule has 0 bridgehead atoms. The van der Waals surface area contributed by atoms with E-state index < -0.39 is 23.2 Å². The van der Waals surface area contributed by atoms with Gasteiger partial charge in [0.25, 0.3) is 0 Å². The Kier molecular flexibility index (Phi) is 4.53. The van der Waals surface area contributed by atoms with Gasteiger partial charge in [-0.25, -0.2) is 18.8 Å². The standard InChI is InChI=1S/C21H18F3N3O/c1-21(2)10-15(9-14-4-3-5-17(23)26-14)27-20(28-21)13-8-12-6-7-16(22)18(24)19(12)25-11-13/h3-8,11,15H,9-10H2,1-2H3. The largest absolute Gasteiger partial charge is 0.471 e. The highest BCUT2D eigenvalue weighted by atomic mass is 19.2. The molecule has 1 atom stereocenters. The fourth-order valence-corrected chi connectivity index (χ4v) is 3.42. The Hall–Kier alpha value is -2.96. The average molecular weight is 385 g/mol. The molecular formula is C21H18F3N3O. The predicted molar refractivity (Wildman–Crippen MR) is 99.7 cm³/mol. The van der Waals surface area contributed by atoms with Crippen LogP contribution in [0.2, 0.25) is 0 Å². The Balaban J connectivity index is 1.69. The molecule has 0 saturated carbocycles. The highest BCUT2D eigenvalue weighted by Crippen LogP contribution is 2.29. The summed E-state index contributed by atoms with van der Waals surface area (Å²) in [5, 5.41) is 0.453. The van der Waals surface area contributed by atoms with Gasteiger partial charge in [-0.1, -0.05) is 6.07 Å². The van der Waals surface area contributed by atoms with Crippen LogP contribution >= 0.6 is 0 Å². The number of hydrogen-bond donors (Lipinski definition) is 0. The van der Waals surface area contributed by atoms with Crippen LogP contribution in [-0.2, 0) is 11.2 Å². The Morgan fingerprint density at radius 2 is 1.96 bits per heavy atom. The molecule has 0 radical (unpaired) electrons. The van der Waals surface area contributed by atoms with Crippen molar-refractivity contribution in [3.05, 3.63) is 71.4 Å². The first-order valence-corrected chi connectivity index (χ1v) is 8.93. The van der Waals surface area contributed by atoms with Gasteiger partial charge in [-0.05, 0) is 44.2 Å². The van der Waals surface area contributed by atoms with Gasteiger partial charge < -0.3 is 4.74 Å². The van der Waals surface area contributed by atoms with Crippen LogP contribution in [0.4, 0.5) is 13.2 Å². The van der Waals surface area contributed by atoms with Crippen molar-refractivity contribution in [2.24, 2.45) is 4.99 Å². The van der Waals surface area contributed by atoms with E-state index in [1.165, 1.54) is 18.3 Å². The van der Waals surface area contributed by atoms with Gasteiger partial charge in [0.2, 0.25) is 11.8 Å². The van der Waals surface area contributed by atoms with E-state index in [-0.39, 0.29) is 11.6 Å². The van der Waals surface area contributed by atoms with Crippen LogP contribution in [-0.4, -0.2) is 27.5 Å². The molecule has 4 nitrogen and oxygen atoms in total. The van der Waals surface area contributed by atoms with Gasteiger partial charge in [0.1, 0.15) is 11.1 Å². The normalized spacial score (nSPS) is 18.6. The second-order valence-corrected chi connectivity index (χ2v) is 7.47. The summed E-state index contributed by atoms with van der Waals surface area (Å²) in [6, 6.07) is 8.72. The highest BCUT2D eigenvalue weighted by Gasteiger charge is 2.32. The molecule has 0 spiro atoms. The number of benzene rings is 1. The summed E-state index contributed by atoms with van der Waals surface area (Å²) >= 11 is 0. The van der Waals surface area contributed by atoms with Crippen LogP contribution in [0.15, 0.2) is 47.6 Å². The number of rotatable bonds is 3. The summed E-state index contributed by atoms with van der Waals surface area (Å²) in [7, 11) is 0. The van der Waals surface area contributed by atoms with Gasteiger partial charge in [0, 0.05) is 30.1 Å². The Labute approximate surface area is 160 Å². The summed E-state index contributed by atoms with van der Waals surface area (Å²) in [6.07, 6.45) is 2.52. The Morgan fingerprint density at radius 1 is 1.14 bits per heavy atom. The van der Waals surface area contributed by atoms with E-state index in [1.54, 1.807) is 18.2 Å². The van der Waals surface area contributed by atoms with Crippen molar-refractivity contribution in [3.8, 4) is 0 Å². The molecule has 0 saturated heterocycles. The number of aliphatic imine (C=N–C) groups is 1. The third-order valence-electron chi connectivity index (χ3n) is 4.61. The van der Waals surface area contributed by atoms with E-state index in [1.807, 2.05) is 13.8 Å². The molecule has 7 heteroatoms. The number of nitrogens with zero attached hydrogens (tertiary/aromatic N) is 3. The van der Waals surface area contributed by atoms with Crippen molar-refractivity contribution in [1.29, 1.82) is 0 Å². The smallest absolute Gasteiger partial charge is 0.218 e. The van der Waals surface area contributed by atoms with Gasteiger partial charge in [-0.15, -0.1) is 0 Å². The van der Waals surface area contributed by atoms with E-state index >= 15 is 0 Å². The lowest BCUT2D eigenvalue weighted by molar-refractivity contribution is 0.0632. The molecule has 0 amide bonds. The molecule has 0 aliphatic carbocycles. The highest BCUT2D eigenvalue weighted by molar-refractivity contribution is 5.98. The number of hydrogen-bond acceptors (Lipinski definition) is 4. The quantitative estimate of drug-likeness (QED) is 0.619. The lowest BCUT2D eigenvalue weighted by atomic mass is 9.94. The Bertz CT molecular complexity index is 1080. The molecule has 1 aromatic carbocycles. The summed E-state index contributed by atoms with van der Waals surface area (Å²) in [4.78, 5) is 12.6. The average Bonchev–Trinajstić information content (AvgIpc) is 2.63. The van der Waals surface area contributed by atoms with Crippen LogP contribution in [0.3, 0.4) is 0 Å². The minimum Gasteiger partial charge on any atom is -0.471 e. The topological polar surface area (TPSA) is 47.4 Å². The number of aromatic nitrogens is 2. The van der Waals surface area contributed by atoms with E-state index in [0.29, 0.717) is 35.4 Å². The number of fused-ring (bicyclic) bond motifs is 1. The second-order valence-electron chi connectivity index (χ2n) is 7.47. The fourth-order valence-electron chi connectivity index (χ4n) is 3.42. The van der Waals surface area contributed by atoms with Gasteiger partial charge in [0.05, 0.1) is 11.6 Å². The first-order valence-electron chi connectivity index (χ1n) is 8.93. The number of ether oxygens (including phenoxy) is 1. The van der Waals surface area contributed by atoms with Gasteiger partial charge in [-0.3, -0.25) is 4.98 Å². The van der Waals surface area contributed by atoms with Gasteiger partial charge in [-0.2, -0.15) is 4.39 Å². The zero-order chi connectivity index (χ0) is 19.9. The van der Waals surface area contributed by atoms with E-state index in [0.717, 1.165) is 6.07 Å². The third kappa shape index (κ3) is 3.69. The van der Waals surface area contributed by atoms with E-state index in [4.69, 9.17) is 4.74 Å². The molecule has 144 valence electrons. The number of pyridine rings is 2. The summed E-state index contributed by atoms with van der Waals surface area (Å²) in [5.74, 6) is -2.08. The van der Waals surface area contributed by atoms with E-state index in [9.17, 15) is 13.2 Å². The maximum Gasteiger partial charge on any atom is 0.218 e. The first-order chi connectivity index (χ1) is 13.3. The van der Waals surface area contributed by atoms with Crippen molar-refractivity contribution in [2.45, 2.75) is 38.3 Å². The van der Waals surface area contributed by atoms with Crippen LogP contribution < -0.4 is 0 Å². The molecule has 1 unspecified atom stereocenters. The van der Waals surface area contributed by atoms with Crippen molar-refractivity contribution in [2.75, 3.05) is 0 Å². The maximum absolute atomic E-state index is 13.9. The lowest BCUT2D eigenvalue weighted by Crippen LogP contribution is -2.38. The van der Waals surface area contributed by atoms with Gasteiger partial charge >= 0.3 is 0 Å².